The number of rotatable bonds is 9. The summed E-state index contributed by atoms with van der Waals surface area (Å²) in [5.41, 5.74) is 0.871. The van der Waals surface area contributed by atoms with Crippen molar-refractivity contribution in [1.82, 2.24) is 4.90 Å². The zero-order valence-electron chi connectivity index (χ0n) is 12.7. The molecule has 0 heterocycles. The fourth-order valence-electron chi connectivity index (χ4n) is 2.00. The second-order valence-corrected chi connectivity index (χ2v) is 5.22. The average Bonchev–Trinajstić information content (AvgIpc) is 2.44. The first kappa shape index (κ1) is 17.9. The van der Waals surface area contributed by atoms with Gasteiger partial charge in [-0.15, -0.1) is 0 Å². The van der Waals surface area contributed by atoms with Gasteiger partial charge in [0.25, 0.3) is 0 Å². The van der Waals surface area contributed by atoms with Crippen molar-refractivity contribution in [2.75, 3.05) is 40.5 Å². The van der Waals surface area contributed by atoms with Gasteiger partial charge in [-0.1, -0.05) is 11.6 Å². The van der Waals surface area contributed by atoms with E-state index >= 15 is 0 Å². The van der Waals surface area contributed by atoms with Crippen LogP contribution in [0.4, 0.5) is 0 Å². The first-order valence-electron chi connectivity index (χ1n) is 6.72. The topological polar surface area (TPSA) is 59.0 Å². The van der Waals surface area contributed by atoms with Gasteiger partial charge >= 0.3 is 0 Å². The van der Waals surface area contributed by atoms with Crippen LogP contribution in [0.25, 0.3) is 0 Å². The van der Waals surface area contributed by atoms with Crippen LogP contribution < -0.4 is 0 Å². The van der Waals surface area contributed by atoms with Crippen LogP contribution >= 0.6 is 11.6 Å². The fourth-order valence-corrected chi connectivity index (χ4v) is 2.24. The molecule has 0 fully saturated rings. The quantitative estimate of drug-likeness (QED) is 0.709. The van der Waals surface area contributed by atoms with E-state index in [0.29, 0.717) is 43.4 Å². The lowest BCUT2D eigenvalue weighted by Gasteiger charge is -2.22. The average molecular weight is 316 g/mol. The number of ether oxygens (including phenoxy) is 2. The highest BCUT2D eigenvalue weighted by Crippen LogP contribution is 2.28. The zero-order chi connectivity index (χ0) is 15.8. The molecule has 0 aliphatic carbocycles. The van der Waals surface area contributed by atoms with Crippen molar-refractivity contribution < 1.29 is 19.4 Å². The van der Waals surface area contributed by atoms with Gasteiger partial charge < -0.3 is 14.6 Å². The smallest absolute Gasteiger partial charge is 0.163 e. The van der Waals surface area contributed by atoms with Gasteiger partial charge in [0.1, 0.15) is 5.75 Å². The molecule has 5 nitrogen and oxygen atoms in total. The molecule has 0 saturated carbocycles. The summed E-state index contributed by atoms with van der Waals surface area (Å²) in [6.45, 7) is 4.42. The molecule has 1 aromatic carbocycles. The van der Waals surface area contributed by atoms with Gasteiger partial charge in [0.2, 0.25) is 0 Å². The molecule has 1 rings (SSSR count). The monoisotopic (exact) mass is 315 g/mol. The van der Waals surface area contributed by atoms with Crippen LogP contribution in [0, 0.1) is 0 Å². The Hall–Kier alpha value is -1.14. The maximum Gasteiger partial charge on any atom is 0.163 e. The maximum absolute atomic E-state index is 11.5. The van der Waals surface area contributed by atoms with Gasteiger partial charge in [-0.05, 0) is 19.1 Å². The standard InChI is InChI=1S/C15H22ClNO4/c1-11(18)14-9-13(16)8-12(15(14)19)10-17(4-6-20-2)5-7-21-3/h8-9,19H,4-7,10H2,1-3H3. The van der Waals surface area contributed by atoms with E-state index in [1.807, 2.05) is 0 Å². The van der Waals surface area contributed by atoms with E-state index in [1.54, 1.807) is 20.3 Å². The number of methoxy groups -OCH3 is 2. The number of carbonyl (C=O) groups excluding carboxylic acids is 1. The number of aromatic hydroxyl groups is 1. The van der Waals surface area contributed by atoms with Gasteiger partial charge in [-0.3, -0.25) is 9.69 Å². The lowest BCUT2D eigenvalue weighted by atomic mass is 10.1. The molecule has 1 aromatic rings. The van der Waals surface area contributed by atoms with E-state index in [4.69, 9.17) is 21.1 Å². The SMILES string of the molecule is COCCN(CCOC)Cc1cc(Cl)cc(C(C)=O)c1O. The first-order valence-corrected chi connectivity index (χ1v) is 7.10. The largest absolute Gasteiger partial charge is 0.507 e. The second-order valence-electron chi connectivity index (χ2n) is 4.78. The van der Waals surface area contributed by atoms with E-state index in [2.05, 4.69) is 4.90 Å². The highest BCUT2D eigenvalue weighted by molar-refractivity contribution is 6.31. The summed E-state index contributed by atoms with van der Waals surface area (Å²) in [6.07, 6.45) is 0. The first-order chi connectivity index (χ1) is 9.99. The molecule has 1 N–H and O–H groups in total. The number of benzene rings is 1. The maximum atomic E-state index is 11.5. The summed E-state index contributed by atoms with van der Waals surface area (Å²) in [6, 6.07) is 3.16. The number of halogens is 1. The molecule has 0 aliphatic heterocycles. The number of phenolic OH excluding ortho intramolecular Hbond substituents is 1. The fraction of sp³-hybridized carbons (Fsp3) is 0.533. The number of Topliss-reactive ketones (excluding diaryl/α,β-unsaturated/α-hetero) is 1. The summed E-state index contributed by atoms with van der Waals surface area (Å²) < 4.78 is 10.2. The van der Waals surface area contributed by atoms with Crippen LogP contribution in [0.3, 0.4) is 0 Å². The third-order valence-corrected chi connectivity index (χ3v) is 3.37. The number of nitrogens with zero attached hydrogens (tertiary/aromatic N) is 1. The van der Waals surface area contributed by atoms with E-state index in [-0.39, 0.29) is 17.1 Å². The van der Waals surface area contributed by atoms with E-state index < -0.39 is 0 Å². The molecule has 0 spiro atoms. The Morgan fingerprint density at radius 3 is 2.29 bits per heavy atom. The van der Waals surface area contributed by atoms with E-state index in [1.165, 1.54) is 13.0 Å². The Bertz CT molecular complexity index is 471. The summed E-state index contributed by atoms with van der Waals surface area (Å²) in [7, 11) is 3.28. The molecule has 0 aromatic heterocycles. The van der Waals surface area contributed by atoms with Crippen molar-refractivity contribution in [2.24, 2.45) is 0 Å². The van der Waals surface area contributed by atoms with Crippen LogP contribution in [-0.4, -0.2) is 56.3 Å². The Morgan fingerprint density at radius 1 is 1.24 bits per heavy atom. The summed E-state index contributed by atoms with van der Waals surface area (Å²) in [5, 5.41) is 10.7. The third-order valence-electron chi connectivity index (χ3n) is 3.15. The number of carbonyl (C=O) groups is 1. The van der Waals surface area contributed by atoms with E-state index in [9.17, 15) is 9.90 Å². The molecule has 6 heteroatoms. The summed E-state index contributed by atoms with van der Waals surface area (Å²) >= 11 is 6.03. The van der Waals surface area contributed by atoms with Crippen LogP contribution in [0.1, 0.15) is 22.8 Å². The molecule has 0 unspecified atom stereocenters. The van der Waals surface area contributed by atoms with Gasteiger partial charge in [0.15, 0.2) is 5.78 Å². The number of hydrogen-bond acceptors (Lipinski definition) is 5. The highest BCUT2D eigenvalue weighted by atomic mass is 35.5. The summed E-state index contributed by atoms with van der Waals surface area (Å²) in [5.74, 6) is -0.219. The molecule has 0 bridgehead atoms. The highest BCUT2D eigenvalue weighted by Gasteiger charge is 2.15. The van der Waals surface area contributed by atoms with Crippen LogP contribution in [0.2, 0.25) is 5.02 Å². The van der Waals surface area contributed by atoms with Crippen molar-refractivity contribution in [3.8, 4) is 5.75 Å². The molecular weight excluding hydrogens is 294 g/mol. The zero-order valence-corrected chi connectivity index (χ0v) is 13.4. The molecule has 0 saturated heterocycles. The van der Waals surface area contributed by atoms with Gasteiger partial charge in [-0.2, -0.15) is 0 Å². The minimum Gasteiger partial charge on any atom is -0.507 e. The van der Waals surface area contributed by atoms with Crippen LogP contribution in [0.5, 0.6) is 5.75 Å². The normalized spacial score (nSPS) is 11.1. The Labute approximate surface area is 130 Å². The van der Waals surface area contributed by atoms with Crippen molar-refractivity contribution in [3.63, 3.8) is 0 Å². The number of phenols is 1. The summed E-state index contributed by atoms with van der Waals surface area (Å²) in [4.78, 5) is 13.6. The van der Waals surface area contributed by atoms with Crippen LogP contribution in [-0.2, 0) is 16.0 Å². The predicted octanol–water partition coefficient (Wildman–Crippen LogP) is 2.34. The van der Waals surface area contributed by atoms with Gasteiger partial charge in [0.05, 0.1) is 18.8 Å². The lowest BCUT2D eigenvalue weighted by Crippen LogP contribution is -2.30. The minimum absolute atomic E-state index is 0.00765. The molecule has 21 heavy (non-hydrogen) atoms. The molecule has 118 valence electrons. The Kier molecular flexibility index (Phi) is 7.67. The number of hydrogen-bond donors (Lipinski definition) is 1. The minimum atomic E-state index is -0.211. The molecule has 0 radical (unpaired) electrons. The molecule has 0 aliphatic rings. The second kappa shape index (κ2) is 9.00. The molecule has 0 atom stereocenters. The lowest BCUT2D eigenvalue weighted by molar-refractivity contribution is 0.101. The molecule has 0 amide bonds. The third kappa shape index (κ3) is 5.63. The number of ketones is 1. The van der Waals surface area contributed by atoms with Crippen molar-refractivity contribution >= 4 is 17.4 Å². The van der Waals surface area contributed by atoms with Crippen molar-refractivity contribution in [1.29, 1.82) is 0 Å². The van der Waals surface area contributed by atoms with Crippen molar-refractivity contribution in [3.05, 3.63) is 28.3 Å². The van der Waals surface area contributed by atoms with Gasteiger partial charge in [0, 0.05) is 44.4 Å². The van der Waals surface area contributed by atoms with Crippen molar-refractivity contribution in [2.45, 2.75) is 13.5 Å². The predicted molar refractivity (Wildman–Crippen MR) is 82.2 cm³/mol. The van der Waals surface area contributed by atoms with E-state index in [0.717, 1.165) is 0 Å². The Balaban J connectivity index is 2.93. The van der Waals surface area contributed by atoms with Crippen LogP contribution in [0.15, 0.2) is 12.1 Å². The van der Waals surface area contributed by atoms with Gasteiger partial charge in [-0.25, -0.2) is 0 Å². The Morgan fingerprint density at radius 2 is 1.81 bits per heavy atom. The molecular formula is C15H22ClNO4.